The molecule has 0 aromatic carbocycles. The predicted octanol–water partition coefficient (Wildman–Crippen LogP) is 2.47. The van der Waals surface area contributed by atoms with E-state index in [1.165, 1.54) is 11.8 Å². The summed E-state index contributed by atoms with van der Waals surface area (Å²) in [6, 6.07) is 0. The van der Waals surface area contributed by atoms with Crippen LogP contribution in [0.15, 0.2) is 17.6 Å². The molecule has 1 amide bonds. The van der Waals surface area contributed by atoms with E-state index in [0.29, 0.717) is 20.9 Å². The molecule has 7 nitrogen and oxygen atoms in total. The van der Waals surface area contributed by atoms with Crippen LogP contribution in [0, 0.1) is 6.92 Å². The summed E-state index contributed by atoms with van der Waals surface area (Å²) >= 11 is 2.40. The van der Waals surface area contributed by atoms with E-state index in [9.17, 15) is 9.59 Å². The minimum absolute atomic E-state index is 0.197. The van der Waals surface area contributed by atoms with Crippen LogP contribution in [0.5, 0.6) is 0 Å². The van der Waals surface area contributed by atoms with Gasteiger partial charge in [0, 0.05) is 12.4 Å². The summed E-state index contributed by atoms with van der Waals surface area (Å²) in [6.07, 6.45) is 3.12. The molecule has 0 saturated carbocycles. The number of nitrogens with one attached hydrogen (secondary N) is 2. The van der Waals surface area contributed by atoms with Crippen molar-refractivity contribution in [3.63, 3.8) is 0 Å². The van der Waals surface area contributed by atoms with Gasteiger partial charge in [-0.15, -0.1) is 0 Å². The maximum absolute atomic E-state index is 11.9. The van der Waals surface area contributed by atoms with Crippen LogP contribution in [-0.2, 0) is 9.53 Å². The van der Waals surface area contributed by atoms with Gasteiger partial charge in [0.1, 0.15) is 4.88 Å². The smallest absolute Gasteiger partial charge is 0.350 e. The number of carbonyl (C=O) groups is 2. The molecule has 0 unspecified atom stereocenters. The highest BCUT2D eigenvalue weighted by Gasteiger charge is 2.18. The minimum atomic E-state index is -0.421. The largest absolute Gasteiger partial charge is 0.459 e. The summed E-state index contributed by atoms with van der Waals surface area (Å²) in [7, 11) is 0. The number of H-pyrrole nitrogens is 1. The third-order valence-electron chi connectivity index (χ3n) is 2.38. The maximum atomic E-state index is 11.9. The Hall–Kier alpha value is -1.87. The van der Waals surface area contributed by atoms with Crippen molar-refractivity contribution in [2.45, 2.75) is 32.0 Å². The summed E-state index contributed by atoms with van der Waals surface area (Å²) in [4.78, 5) is 35.2. The molecule has 2 heterocycles. The van der Waals surface area contributed by atoms with E-state index in [2.05, 4.69) is 20.3 Å². The fraction of sp³-hybridized carbons (Fsp3) is 0.385. The van der Waals surface area contributed by atoms with E-state index in [-0.39, 0.29) is 17.8 Å². The molecule has 2 N–H and O–H groups in total. The zero-order valence-corrected chi connectivity index (χ0v) is 14.0. The van der Waals surface area contributed by atoms with Crippen LogP contribution in [0.1, 0.15) is 29.2 Å². The average molecular weight is 340 g/mol. The molecule has 0 radical (unpaired) electrons. The molecular formula is C13H16N4O3S2. The predicted molar refractivity (Wildman–Crippen MR) is 85.3 cm³/mol. The first-order valence-corrected chi connectivity index (χ1v) is 8.36. The fourth-order valence-electron chi connectivity index (χ4n) is 1.53. The number of esters is 1. The summed E-state index contributed by atoms with van der Waals surface area (Å²) in [5.74, 6) is -0.424. The quantitative estimate of drug-likeness (QED) is 0.619. The van der Waals surface area contributed by atoms with Crippen LogP contribution < -0.4 is 5.32 Å². The number of imidazole rings is 1. The molecule has 0 spiro atoms. The number of aromatic amines is 1. The normalized spacial score (nSPS) is 10.7. The zero-order chi connectivity index (χ0) is 16.1. The van der Waals surface area contributed by atoms with Crippen molar-refractivity contribution in [2.75, 3.05) is 11.1 Å². The number of nitrogens with zero attached hydrogens (tertiary/aromatic N) is 2. The van der Waals surface area contributed by atoms with E-state index in [1.807, 2.05) is 0 Å². The monoisotopic (exact) mass is 340 g/mol. The number of anilines is 1. The molecule has 0 bridgehead atoms. The maximum Gasteiger partial charge on any atom is 0.350 e. The Morgan fingerprint density at radius 3 is 2.91 bits per heavy atom. The Bertz CT molecular complexity index is 652. The van der Waals surface area contributed by atoms with Crippen molar-refractivity contribution in [3.05, 3.63) is 23.0 Å². The van der Waals surface area contributed by atoms with Gasteiger partial charge >= 0.3 is 5.97 Å². The van der Waals surface area contributed by atoms with Crippen molar-refractivity contribution in [1.29, 1.82) is 0 Å². The van der Waals surface area contributed by atoms with Crippen LogP contribution in [0.2, 0.25) is 0 Å². The third kappa shape index (κ3) is 4.57. The highest BCUT2D eigenvalue weighted by Crippen LogP contribution is 2.24. The number of rotatable bonds is 6. The lowest BCUT2D eigenvalue weighted by atomic mass is 10.4. The molecule has 0 aliphatic rings. The van der Waals surface area contributed by atoms with Crippen LogP contribution in [0.3, 0.4) is 0 Å². The second-order valence-electron chi connectivity index (χ2n) is 4.62. The highest BCUT2D eigenvalue weighted by atomic mass is 32.2. The summed E-state index contributed by atoms with van der Waals surface area (Å²) in [5.41, 5.74) is 0.546. The number of aryl methyl sites for hydroxylation is 1. The lowest BCUT2D eigenvalue weighted by Gasteiger charge is -2.05. The Morgan fingerprint density at radius 2 is 2.27 bits per heavy atom. The van der Waals surface area contributed by atoms with Gasteiger partial charge in [-0.1, -0.05) is 23.1 Å². The fourth-order valence-corrected chi connectivity index (χ4v) is 3.02. The van der Waals surface area contributed by atoms with E-state index in [1.54, 1.807) is 33.2 Å². The number of ether oxygens (including phenoxy) is 1. The molecule has 2 aromatic heterocycles. The second-order valence-corrected chi connectivity index (χ2v) is 6.58. The Kier molecular flexibility index (Phi) is 5.56. The SMILES string of the molecule is Cc1nc(NC(=O)CSc2ncc[nH]2)sc1C(=O)OC(C)C. The van der Waals surface area contributed by atoms with Gasteiger partial charge in [0.2, 0.25) is 5.91 Å². The van der Waals surface area contributed by atoms with Crippen LogP contribution in [-0.4, -0.2) is 38.7 Å². The Balaban J connectivity index is 1.92. The first-order chi connectivity index (χ1) is 10.5. The van der Waals surface area contributed by atoms with Gasteiger partial charge in [-0.2, -0.15) is 0 Å². The second kappa shape index (κ2) is 7.41. The van der Waals surface area contributed by atoms with Gasteiger partial charge in [0.25, 0.3) is 0 Å². The van der Waals surface area contributed by atoms with E-state index < -0.39 is 5.97 Å². The minimum Gasteiger partial charge on any atom is -0.459 e. The molecule has 0 atom stereocenters. The Labute approximate surface area is 135 Å². The number of hydrogen-bond donors (Lipinski definition) is 2. The Morgan fingerprint density at radius 1 is 1.50 bits per heavy atom. The topological polar surface area (TPSA) is 97.0 Å². The third-order valence-corrected chi connectivity index (χ3v) is 4.34. The zero-order valence-electron chi connectivity index (χ0n) is 12.4. The van der Waals surface area contributed by atoms with Gasteiger partial charge in [-0.3, -0.25) is 4.79 Å². The van der Waals surface area contributed by atoms with Crippen molar-refractivity contribution in [1.82, 2.24) is 15.0 Å². The first kappa shape index (κ1) is 16.5. The number of amides is 1. The lowest BCUT2D eigenvalue weighted by molar-refractivity contribution is -0.113. The van der Waals surface area contributed by atoms with Crippen molar-refractivity contribution >= 4 is 40.1 Å². The highest BCUT2D eigenvalue weighted by molar-refractivity contribution is 7.99. The average Bonchev–Trinajstić information content (AvgIpc) is 3.05. The summed E-state index contributed by atoms with van der Waals surface area (Å²) in [6.45, 7) is 5.27. The van der Waals surface area contributed by atoms with Gasteiger partial charge in [-0.25, -0.2) is 14.8 Å². The number of thiazole rings is 1. The molecule has 2 rings (SSSR count). The molecule has 0 fully saturated rings. The van der Waals surface area contributed by atoms with E-state index in [4.69, 9.17) is 4.74 Å². The standard InChI is InChI=1S/C13H16N4O3S2/c1-7(2)20-11(19)10-8(3)16-13(22-10)17-9(18)6-21-12-14-4-5-15-12/h4-5,7H,6H2,1-3H3,(H,14,15)(H,16,17,18). The van der Waals surface area contributed by atoms with E-state index >= 15 is 0 Å². The molecule has 0 saturated heterocycles. The van der Waals surface area contributed by atoms with E-state index in [0.717, 1.165) is 11.3 Å². The number of thioether (sulfide) groups is 1. The number of carbonyl (C=O) groups excluding carboxylic acids is 2. The lowest BCUT2D eigenvalue weighted by Crippen LogP contribution is -2.13. The van der Waals surface area contributed by atoms with Crippen molar-refractivity contribution in [2.24, 2.45) is 0 Å². The van der Waals surface area contributed by atoms with Crippen LogP contribution in [0.4, 0.5) is 5.13 Å². The molecular weight excluding hydrogens is 324 g/mol. The van der Waals surface area contributed by atoms with Gasteiger partial charge < -0.3 is 15.0 Å². The number of hydrogen-bond acceptors (Lipinski definition) is 7. The molecule has 0 aliphatic carbocycles. The van der Waals surface area contributed by atoms with Gasteiger partial charge in [0.05, 0.1) is 17.6 Å². The van der Waals surface area contributed by atoms with Gasteiger partial charge in [-0.05, 0) is 20.8 Å². The summed E-state index contributed by atoms with van der Waals surface area (Å²) in [5, 5.41) is 3.73. The molecule has 0 aliphatic heterocycles. The summed E-state index contributed by atoms with van der Waals surface area (Å²) < 4.78 is 5.13. The molecule has 22 heavy (non-hydrogen) atoms. The molecule has 9 heteroatoms. The van der Waals surface area contributed by atoms with Crippen molar-refractivity contribution < 1.29 is 14.3 Å². The van der Waals surface area contributed by atoms with Crippen LogP contribution >= 0.6 is 23.1 Å². The molecule has 118 valence electrons. The van der Waals surface area contributed by atoms with Crippen LogP contribution in [0.25, 0.3) is 0 Å². The molecule has 2 aromatic rings. The number of aromatic nitrogens is 3. The first-order valence-electron chi connectivity index (χ1n) is 6.56. The van der Waals surface area contributed by atoms with Crippen molar-refractivity contribution in [3.8, 4) is 0 Å². The van der Waals surface area contributed by atoms with Gasteiger partial charge in [0.15, 0.2) is 10.3 Å².